The summed E-state index contributed by atoms with van der Waals surface area (Å²) in [6, 6.07) is -0.399. The maximum absolute atomic E-state index is 12.3. The standard InChI is InChI=1S/C15H28N4O3S/c1-23-11-2-13(16)15(21)19-5-3-17(4-6-19)12-14(20)18-7-9-22-10-8-18/h13H,2-12,16H2,1H3/t13-/m0/s1. The van der Waals surface area contributed by atoms with Crippen LogP contribution in [0.3, 0.4) is 0 Å². The first-order chi connectivity index (χ1) is 11.1. The topological polar surface area (TPSA) is 79.1 Å². The number of hydrogen-bond donors (Lipinski definition) is 1. The number of carbonyl (C=O) groups is 2. The molecule has 0 aliphatic carbocycles. The van der Waals surface area contributed by atoms with Crippen LogP contribution in [-0.2, 0) is 14.3 Å². The molecular weight excluding hydrogens is 316 g/mol. The molecule has 23 heavy (non-hydrogen) atoms. The third-order valence-electron chi connectivity index (χ3n) is 4.36. The fourth-order valence-corrected chi connectivity index (χ4v) is 3.32. The fraction of sp³-hybridized carbons (Fsp3) is 0.867. The first kappa shape index (κ1) is 18.5. The molecule has 2 rings (SSSR count). The lowest BCUT2D eigenvalue weighted by Gasteiger charge is -2.36. The Hall–Kier alpha value is -0.830. The van der Waals surface area contributed by atoms with Crippen LogP contribution in [-0.4, -0.2) is 104 Å². The second-order valence-corrected chi connectivity index (χ2v) is 6.97. The quantitative estimate of drug-likeness (QED) is 0.671. The summed E-state index contributed by atoms with van der Waals surface area (Å²) in [5.41, 5.74) is 5.96. The number of nitrogens with two attached hydrogens (primary N) is 1. The van der Waals surface area contributed by atoms with Gasteiger partial charge in [0, 0.05) is 39.3 Å². The second-order valence-electron chi connectivity index (χ2n) is 5.98. The second kappa shape index (κ2) is 9.46. The number of nitrogens with zero attached hydrogens (tertiary/aromatic N) is 3. The van der Waals surface area contributed by atoms with Gasteiger partial charge in [0.05, 0.1) is 25.8 Å². The Labute approximate surface area is 142 Å². The van der Waals surface area contributed by atoms with Gasteiger partial charge in [0.25, 0.3) is 0 Å². The molecule has 0 bridgehead atoms. The van der Waals surface area contributed by atoms with E-state index in [-0.39, 0.29) is 11.8 Å². The average molecular weight is 344 g/mol. The summed E-state index contributed by atoms with van der Waals surface area (Å²) in [4.78, 5) is 30.3. The summed E-state index contributed by atoms with van der Waals surface area (Å²) in [5.74, 6) is 1.10. The van der Waals surface area contributed by atoms with Gasteiger partial charge in [0.15, 0.2) is 0 Å². The first-order valence-electron chi connectivity index (χ1n) is 8.23. The van der Waals surface area contributed by atoms with Gasteiger partial charge < -0.3 is 20.3 Å². The third-order valence-corrected chi connectivity index (χ3v) is 5.00. The Bertz CT molecular complexity index is 396. The zero-order valence-electron chi connectivity index (χ0n) is 13.9. The van der Waals surface area contributed by atoms with Crippen molar-refractivity contribution in [1.82, 2.24) is 14.7 Å². The predicted molar refractivity (Wildman–Crippen MR) is 91.4 cm³/mol. The van der Waals surface area contributed by atoms with Crippen molar-refractivity contribution in [1.29, 1.82) is 0 Å². The summed E-state index contributed by atoms with van der Waals surface area (Å²) in [5, 5.41) is 0. The van der Waals surface area contributed by atoms with Gasteiger partial charge >= 0.3 is 0 Å². The molecule has 8 heteroatoms. The zero-order chi connectivity index (χ0) is 16.7. The largest absolute Gasteiger partial charge is 0.378 e. The van der Waals surface area contributed by atoms with Gasteiger partial charge in [-0.2, -0.15) is 11.8 Å². The van der Waals surface area contributed by atoms with Crippen LogP contribution in [0.1, 0.15) is 6.42 Å². The lowest BCUT2D eigenvalue weighted by Crippen LogP contribution is -2.55. The molecule has 2 fully saturated rings. The van der Waals surface area contributed by atoms with Gasteiger partial charge in [-0.15, -0.1) is 0 Å². The molecule has 2 amide bonds. The van der Waals surface area contributed by atoms with E-state index in [9.17, 15) is 9.59 Å². The molecule has 2 heterocycles. The van der Waals surface area contributed by atoms with E-state index in [1.54, 1.807) is 11.8 Å². The summed E-state index contributed by atoms with van der Waals surface area (Å²) in [6.07, 6.45) is 2.73. The van der Waals surface area contributed by atoms with Crippen molar-refractivity contribution in [2.45, 2.75) is 12.5 Å². The highest BCUT2D eigenvalue weighted by Gasteiger charge is 2.27. The maximum Gasteiger partial charge on any atom is 0.239 e. The smallest absolute Gasteiger partial charge is 0.239 e. The molecule has 0 aromatic rings. The Kier molecular flexibility index (Phi) is 7.61. The molecule has 0 unspecified atom stereocenters. The van der Waals surface area contributed by atoms with Crippen LogP contribution < -0.4 is 5.73 Å². The molecule has 0 spiro atoms. The molecule has 0 radical (unpaired) electrons. The van der Waals surface area contributed by atoms with E-state index in [1.807, 2.05) is 16.1 Å². The Morgan fingerprint density at radius 1 is 1.09 bits per heavy atom. The SMILES string of the molecule is CSCC[C@H](N)C(=O)N1CCN(CC(=O)N2CCOCC2)CC1. The summed E-state index contributed by atoms with van der Waals surface area (Å²) in [7, 11) is 0. The number of piperazine rings is 1. The van der Waals surface area contributed by atoms with Gasteiger partial charge in [-0.05, 0) is 18.4 Å². The minimum absolute atomic E-state index is 0.0400. The first-order valence-corrected chi connectivity index (χ1v) is 9.62. The Morgan fingerprint density at radius 3 is 2.35 bits per heavy atom. The van der Waals surface area contributed by atoms with Crippen LogP contribution in [0.2, 0.25) is 0 Å². The lowest BCUT2D eigenvalue weighted by molar-refractivity contribution is -0.138. The minimum atomic E-state index is -0.399. The molecule has 0 aromatic carbocycles. The van der Waals surface area contributed by atoms with Gasteiger partial charge in [-0.1, -0.05) is 0 Å². The number of carbonyl (C=O) groups excluding carboxylic acids is 2. The predicted octanol–water partition coefficient (Wildman–Crippen LogP) is -0.930. The molecule has 0 aromatic heterocycles. The normalized spacial score (nSPS) is 21.3. The molecule has 2 N–H and O–H groups in total. The van der Waals surface area contributed by atoms with Crippen LogP contribution in [0.25, 0.3) is 0 Å². The summed E-state index contributed by atoms with van der Waals surface area (Å²) in [6.45, 7) is 5.83. The highest BCUT2D eigenvalue weighted by Crippen LogP contribution is 2.08. The number of thioether (sulfide) groups is 1. The zero-order valence-corrected chi connectivity index (χ0v) is 14.7. The van der Waals surface area contributed by atoms with Crippen LogP contribution in [0, 0.1) is 0 Å². The van der Waals surface area contributed by atoms with Crippen LogP contribution in [0.4, 0.5) is 0 Å². The number of rotatable bonds is 6. The highest BCUT2D eigenvalue weighted by atomic mass is 32.2. The van der Waals surface area contributed by atoms with Crippen LogP contribution >= 0.6 is 11.8 Å². The maximum atomic E-state index is 12.3. The van der Waals surface area contributed by atoms with E-state index in [1.165, 1.54) is 0 Å². The van der Waals surface area contributed by atoms with E-state index in [0.717, 1.165) is 25.3 Å². The van der Waals surface area contributed by atoms with Crippen molar-refractivity contribution in [3.8, 4) is 0 Å². The van der Waals surface area contributed by atoms with Crippen molar-refractivity contribution < 1.29 is 14.3 Å². The molecule has 132 valence electrons. The van der Waals surface area contributed by atoms with E-state index < -0.39 is 6.04 Å². The van der Waals surface area contributed by atoms with Crippen molar-refractivity contribution in [3.63, 3.8) is 0 Å². The molecule has 0 saturated carbocycles. The van der Waals surface area contributed by atoms with E-state index in [4.69, 9.17) is 10.5 Å². The van der Waals surface area contributed by atoms with E-state index in [2.05, 4.69) is 4.90 Å². The van der Waals surface area contributed by atoms with Gasteiger partial charge in [-0.25, -0.2) is 0 Å². The monoisotopic (exact) mass is 344 g/mol. The Balaban J connectivity index is 1.70. The molecule has 2 aliphatic heterocycles. The molecule has 2 saturated heterocycles. The average Bonchev–Trinajstić information content (AvgIpc) is 2.60. The lowest BCUT2D eigenvalue weighted by atomic mass is 10.2. The molecular formula is C15H28N4O3S. The third kappa shape index (κ3) is 5.63. The summed E-state index contributed by atoms with van der Waals surface area (Å²) >= 11 is 1.70. The van der Waals surface area contributed by atoms with Crippen molar-refractivity contribution in [3.05, 3.63) is 0 Å². The van der Waals surface area contributed by atoms with Crippen molar-refractivity contribution in [2.24, 2.45) is 5.73 Å². The summed E-state index contributed by atoms with van der Waals surface area (Å²) < 4.78 is 5.27. The number of amides is 2. The van der Waals surface area contributed by atoms with Crippen molar-refractivity contribution in [2.75, 3.05) is 71.0 Å². The molecule has 1 atom stereocenters. The Morgan fingerprint density at radius 2 is 1.74 bits per heavy atom. The number of hydrogen-bond acceptors (Lipinski definition) is 6. The fourth-order valence-electron chi connectivity index (χ4n) is 2.83. The highest BCUT2D eigenvalue weighted by molar-refractivity contribution is 7.98. The van der Waals surface area contributed by atoms with E-state index in [0.29, 0.717) is 45.9 Å². The molecule has 2 aliphatic rings. The van der Waals surface area contributed by atoms with E-state index >= 15 is 0 Å². The number of ether oxygens (including phenoxy) is 1. The van der Waals surface area contributed by atoms with Gasteiger partial charge in [0.2, 0.25) is 11.8 Å². The van der Waals surface area contributed by atoms with Gasteiger partial charge in [-0.3, -0.25) is 14.5 Å². The minimum Gasteiger partial charge on any atom is -0.378 e. The van der Waals surface area contributed by atoms with Gasteiger partial charge in [0.1, 0.15) is 0 Å². The van der Waals surface area contributed by atoms with Crippen LogP contribution in [0.15, 0.2) is 0 Å². The number of morpholine rings is 1. The molecule has 7 nitrogen and oxygen atoms in total. The van der Waals surface area contributed by atoms with Crippen molar-refractivity contribution >= 4 is 23.6 Å². The van der Waals surface area contributed by atoms with Crippen LogP contribution in [0.5, 0.6) is 0 Å².